The van der Waals surface area contributed by atoms with Gasteiger partial charge in [0.05, 0.1) is 17.1 Å². The van der Waals surface area contributed by atoms with Gasteiger partial charge in [-0.25, -0.2) is 8.42 Å². The predicted molar refractivity (Wildman–Crippen MR) is 71.4 cm³/mol. The van der Waals surface area contributed by atoms with Crippen molar-refractivity contribution in [1.82, 2.24) is 15.1 Å². The normalized spacial score (nSPS) is 16.1. The topological polar surface area (TPSA) is 95.2 Å². The summed E-state index contributed by atoms with van der Waals surface area (Å²) in [6.07, 6.45) is 3.28. The Bertz CT molecular complexity index is 558. The standard InChI is InChI=1S/C11H18N4O3S/c1-8(2)19(17,18)14-9-7-12-13-10(9)11(16)15-5-3-4-6-15/h7-8,14H,3-6H2,1-2H3,(H,12,13). The highest BCUT2D eigenvalue weighted by molar-refractivity contribution is 7.93. The summed E-state index contributed by atoms with van der Waals surface area (Å²) in [6.45, 7) is 4.55. The Hall–Kier alpha value is -1.57. The van der Waals surface area contributed by atoms with Crippen LogP contribution in [0.5, 0.6) is 0 Å². The first kappa shape index (κ1) is 13.9. The van der Waals surface area contributed by atoms with Gasteiger partial charge in [-0.2, -0.15) is 5.10 Å². The van der Waals surface area contributed by atoms with E-state index in [1.54, 1.807) is 18.7 Å². The molecule has 1 aliphatic rings. The molecular weight excluding hydrogens is 268 g/mol. The van der Waals surface area contributed by atoms with Crippen molar-refractivity contribution in [1.29, 1.82) is 0 Å². The first-order valence-electron chi connectivity index (χ1n) is 6.26. The molecule has 2 rings (SSSR count). The van der Waals surface area contributed by atoms with Gasteiger partial charge in [-0.3, -0.25) is 14.6 Å². The Balaban J connectivity index is 2.20. The summed E-state index contributed by atoms with van der Waals surface area (Å²) in [4.78, 5) is 13.9. The van der Waals surface area contributed by atoms with E-state index >= 15 is 0 Å². The van der Waals surface area contributed by atoms with E-state index in [9.17, 15) is 13.2 Å². The summed E-state index contributed by atoms with van der Waals surface area (Å²) in [5.41, 5.74) is 0.414. The zero-order valence-corrected chi connectivity index (χ0v) is 11.8. The minimum Gasteiger partial charge on any atom is -0.337 e. The third-order valence-corrected chi connectivity index (χ3v) is 4.86. The van der Waals surface area contributed by atoms with Crippen molar-refractivity contribution < 1.29 is 13.2 Å². The molecule has 0 aliphatic carbocycles. The van der Waals surface area contributed by atoms with Gasteiger partial charge < -0.3 is 4.90 Å². The number of carbonyl (C=O) groups is 1. The predicted octanol–water partition coefficient (Wildman–Crippen LogP) is 0.796. The SMILES string of the molecule is CC(C)S(=O)(=O)Nc1cn[nH]c1C(=O)N1CCCC1. The van der Waals surface area contributed by atoms with E-state index in [1.165, 1.54) is 6.20 Å². The number of amides is 1. The number of H-pyrrole nitrogens is 1. The number of nitrogens with zero attached hydrogens (tertiary/aromatic N) is 2. The summed E-state index contributed by atoms with van der Waals surface area (Å²) in [7, 11) is -3.48. The molecule has 0 saturated carbocycles. The molecule has 0 atom stereocenters. The van der Waals surface area contributed by atoms with E-state index < -0.39 is 15.3 Å². The zero-order chi connectivity index (χ0) is 14.0. The van der Waals surface area contributed by atoms with Gasteiger partial charge in [0.2, 0.25) is 10.0 Å². The number of hydrogen-bond acceptors (Lipinski definition) is 4. The van der Waals surface area contributed by atoms with E-state index in [0.29, 0.717) is 13.1 Å². The van der Waals surface area contributed by atoms with Gasteiger partial charge in [-0.05, 0) is 26.7 Å². The molecule has 2 heterocycles. The Morgan fingerprint density at radius 2 is 2.05 bits per heavy atom. The van der Waals surface area contributed by atoms with Crippen LogP contribution in [-0.4, -0.2) is 47.8 Å². The largest absolute Gasteiger partial charge is 0.337 e. The number of aromatic nitrogens is 2. The molecule has 106 valence electrons. The van der Waals surface area contributed by atoms with E-state index in [4.69, 9.17) is 0 Å². The number of aromatic amines is 1. The number of sulfonamides is 1. The number of likely N-dealkylation sites (tertiary alicyclic amines) is 1. The molecular formula is C11H18N4O3S. The minimum atomic E-state index is -3.48. The van der Waals surface area contributed by atoms with Gasteiger partial charge in [0.1, 0.15) is 5.69 Å². The number of hydrogen-bond donors (Lipinski definition) is 2. The quantitative estimate of drug-likeness (QED) is 0.855. The Morgan fingerprint density at radius 3 is 2.63 bits per heavy atom. The van der Waals surface area contributed by atoms with Crippen molar-refractivity contribution in [2.24, 2.45) is 0 Å². The highest BCUT2D eigenvalue weighted by atomic mass is 32.2. The maximum atomic E-state index is 12.2. The van der Waals surface area contributed by atoms with Crippen LogP contribution < -0.4 is 4.72 Å². The van der Waals surface area contributed by atoms with Crippen molar-refractivity contribution in [3.8, 4) is 0 Å². The molecule has 0 radical (unpaired) electrons. The van der Waals surface area contributed by atoms with Crippen LogP contribution in [-0.2, 0) is 10.0 Å². The first-order chi connectivity index (χ1) is 8.92. The van der Waals surface area contributed by atoms with Crippen molar-refractivity contribution >= 4 is 21.6 Å². The lowest BCUT2D eigenvalue weighted by Crippen LogP contribution is -2.30. The molecule has 1 saturated heterocycles. The molecule has 1 fully saturated rings. The number of carbonyl (C=O) groups excluding carboxylic acids is 1. The fourth-order valence-electron chi connectivity index (χ4n) is 1.88. The van der Waals surface area contributed by atoms with E-state index in [1.807, 2.05) is 0 Å². The average molecular weight is 286 g/mol. The Labute approximate surface area is 112 Å². The van der Waals surface area contributed by atoms with E-state index in [2.05, 4.69) is 14.9 Å². The lowest BCUT2D eigenvalue weighted by atomic mass is 10.3. The molecule has 7 nitrogen and oxygen atoms in total. The Kier molecular flexibility index (Phi) is 3.79. The first-order valence-corrected chi connectivity index (χ1v) is 7.80. The summed E-state index contributed by atoms with van der Waals surface area (Å²) >= 11 is 0. The lowest BCUT2D eigenvalue weighted by Gasteiger charge is -2.16. The molecule has 19 heavy (non-hydrogen) atoms. The maximum Gasteiger partial charge on any atom is 0.274 e. The molecule has 0 unspecified atom stereocenters. The second-order valence-electron chi connectivity index (χ2n) is 4.85. The molecule has 1 amide bonds. The number of rotatable bonds is 4. The van der Waals surface area contributed by atoms with Crippen LogP contribution in [0, 0.1) is 0 Å². The lowest BCUT2D eigenvalue weighted by molar-refractivity contribution is 0.0788. The summed E-state index contributed by atoms with van der Waals surface area (Å²) in [5, 5.41) is 5.76. The Morgan fingerprint density at radius 1 is 1.42 bits per heavy atom. The summed E-state index contributed by atoms with van der Waals surface area (Å²) in [6, 6.07) is 0. The molecule has 1 aromatic heterocycles. The van der Waals surface area contributed by atoms with Crippen LogP contribution in [0.25, 0.3) is 0 Å². The number of nitrogens with one attached hydrogen (secondary N) is 2. The summed E-state index contributed by atoms with van der Waals surface area (Å²) in [5.74, 6) is -0.212. The maximum absolute atomic E-state index is 12.2. The highest BCUT2D eigenvalue weighted by Crippen LogP contribution is 2.19. The minimum absolute atomic E-state index is 0.200. The second-order valence-corrected chi connectivity index (χ2v) is 7.09. The van der Waals surface area contributed by atoms with Gasteiger partial charge in [-0.15, -0.1) is 0 Å². The van der Waals surface area contributed by atoms with Crippen LogP contribution in [0.3, 0.4) is 0 Å². The van der Waals surface area contributed by atoms with Crippen LogP contribution in [0.15, 0.2) is 6.20 Å². The van der Waals surface area contributed by atoms with Crippen LogP contribution in [0.4, 0.5) is 5.69 Å². The molecule has 2 N–H and O–H groups in total. The third-order valence-electron chi connectivity index (χ3n) is 3.12. The van der Waals surface area contributed by atoms with Crippen LogP contribution in [0.1, 0.15) is 37.2 Å². The second kappa shape index (κ2) is 5.20. The van der Waals surface area contributed by atoms with Crippen LogP contribution >= 0.6 is 0 Å². The van der Waals surface area contributed by atoms with Crippen molar-refractivity contribution in [3.63, 3.8) is 0 Å². The van der Waals surface area contributed by atoms with Gasteiger partial charge in [-0.1, -0.05) is 0 Å². The molecule has 8 heteroatoms. The fourth-order valence-corrected chi connectivity index (χ4v) is 2.57. The highest BCUT2D eigenvalue weighted by Gasteiger charge is 2.26. The van der Waals surface area contributed by atoms with Crippen molar-refractivity contribution in [2.45, 2.75) is 31.9 Å². The average Bonchev–Trinajstić information content (AvgIpc) is 2.97. The van der Waals surface area contributed by atoms with Gasteiger partial charge >= 0.3 is 0 Å². The van der Waals surface area contributed by atoms with E-state index in [-0.39, 0.29) is 17.3 Å². The van der Waals surface area contributed by atoms with Gasteiger partial charge in [0.25, 0.3) is 5.91 Å². The molecule has 0 bridgehead atoms. The van der Waals surface area contributed by atoms with Crippen molar-refractivity contribution in [3.05, 3.63) is 11.9 Å². The van der Waals surface area contributed by atoms with Crippen molar-refractivity contribution in [2.75, 3.05) is 17.8 Å². The summed E-state index contributed by atoms with van der Waals surface area (Å²) < 4.78 is 26.0. The van der Waals surface area contributed by atoms with Gasteiger partial charge in [0, 0.05) is 13.1 Å². The monoisotopic (exact) mass is 286 g/mol. The third kappa shape index (κ3) is 2.89. The van der Waals surface area contributed by atoms with E-state index in [0.717, 1.165) is 12.8 Å². The molecule has 1 aromatic rings. The fraction of sp³-hybridized carbons (Fsp3) is 0.636. The molecule has 0 spiro atoms. The smallest absolute Gasteiger partial charge is 0.274 e. The molecule has 0 aromatic carbocycles. The molecule has 1 aliphatic heterocycles. The van der Waals surface area contributed by atoms with Gasteiger partial charge in [0.15, 0.2) is 0 Å². The number of anilines is 1. The van der Waals surface area contributed by atoms with Crippen LogP contribution in [0.2, 0.25) is 0 Å². The zero-order valence-electron chi connectivity index (χ0n) is 11.0.